The van der Waals surface area contributed by atoms with E-state index in [1.165, 1.54) is 6.33 Å². The lowest BCUT2D eigenvalue weighted by atomic mass is 10.1. The molecule has 0 aliphatic heterocycles. The number of esters is 1. The largest absolute Gasteiger partial charge is 0.454 e. The van der Waals surface area contributed by atoms with Gasteiger partial charge in [0, 0.05) is 12.7 Å². The molecule has 0 atom stereocenters. The number of nitrogen functional groups attached to an aromatic ring is 1. The summed E-state index contributed by atoms with van der Waals surface area (Å²) >= 11 is 0. The molecule has 0 unspecified atom stereocenters. The second-order valence-corrected chi connectivity index (χ2v) is 3.90. The minimum Gasteiger partial charge on any atom is -0.454 e. The number of nitrogens with zero attached hydrogens (tertiary/aromatic N) is 3. The molecule has 0 amide bonds. The number of benzene rings is 1. The van der Waals surface area contributed by atoms with Crippen molar-refractivity contribution in [1.29, 1.82) is 0 Å². The van der Waals surface area contributed by atoms with Crippen LogP contribution in [-0.2, 0) is 18.4 Å². The number of anilines is 1. The summed E-state index contributed by atoms with van der Waals surface area (Å²) in [7, 11) is 1.74. The van der Waals surface area contributed by atoms with Gasteiger partial charge in [-0.25, -0.2) is 9.78 Å². The Labute approximate surface area is 104 Å². The highest BCUT2D eigenvalue weighted by Crippen LogP contribution is 2.16. The van der Waals surface area contributed by atoms with Crippen LogP contribution >= 0.6 is 0 Å². The highest BCUT2D eigenvalue weighted by atomic mass is 16.5. The van der Waals surface area contributed by atoms with Crippen molar-refractivity contribution < 1.29 is 9.53 Å². The van der Waals surface area contributed by atoms with E-state index < -0.39 is 5.97 Å². The van der Waals surface area contributed by atoms with Crippen molar-refractivity contribution in [3.63, 3.8) is 0 Å². The first-order chi connectivity index (χ1) is 8.59. The molecule has 6 nitrogen and oxygen atoms in total. The molecule has 0 saturated carbocycles. The van der Waals surface area contributed by atoms with Crippen molar-refractivity contribution in [3.05, 3.63) is 41.5 Å². The Morgan fingerprint density at radius 3 is 2.94 bits per heavy atom. The summed E-state index contributed by atoms with van der Waals surface area (Å²) in [6.07, 6.45) is 1.41. The van der Waals surface area contributed by atoms with Crippen LogP contribution in [-0.4, -0.2) is 20.7 Å². The third kappa shape index (κ3) is 2.32. The summed E-state index contributed by atoms with van der Waals surface area (Å²) in [4.78, 5) is 15.9. The van der Waals surface area contributed by atoms with Gasteiger partial charge in [0.05, 0.1) is 5.56 Å². The maximum Gasteiger partial charge on any atom is 0.338 e. The van der Waals surface area contributed by atoms with E-state index in [0.29, 0.717) is 17.1 Å². The first-order valence-electron chi connectivity index (χ1n) is 5.44. The summed E-state index contributed by atoms with van der Waals surface area (Å²) < 4.78 is 6.73. The third-order valence-corrected chi connectivity index (χ3v) is 2.73. The molecule has 0 saturated heterocycles. The van der Waals surface area contributed by atoms with Gasteiger partial charge in [0.15, 0.2) is 12.4 Å². The zero-order chi connectivity index (χ0) is 13.1. The summed E-state index contributed by atoms with van der Waals surface area (Å²) in [6, 6.07) is 5.15. The lowest BCUT2D eigenvalue weighted by Gasteiger charge is -2.08. The van der Waals surface area contributed by atoms with E-state index in [1.54, 1.807) is 36.9 Å². The van der Waals surface area contributed by atoms with Gasteiger partial charge >= 0.3 is 5.97 Å². The molecular formula is C12H14N4O2. The molecule has 0 bridgehead atoms. The Kier molecular flexibility index (Phi) is 3.27. The van der Waals surface area contributed by atoms with E-state index >= 15 is 0 Å². The Morgan fingerprint density at radius 1 is 1.50 bits per heavy atom. The Morgan fingerprint density at radius 2 is 2.28 bits per heavy atom. The first-order valence-corrected chi connectivity index (χ1v) is 5.44. The number of carbonyl (C=O) groups excluding carboxylic acids is 1. The fourth-order valence-corrected chi connectivity index (χ4v) is 1.53. The van der Waals surface area contributed by atoms with E-state index in [9.17, 15) is 4.79 Å². The molecule has 1 aromatic heterocycles. The fourth-order valence-electron chi connectivity index (χ4n) is 1.53. The van der Waals surface area contributed by atoms with Crippen LogP contribution in [0.15, 0.2) is 24.5 Å². The maximum atomic E-state index is 11.9. The predicted molar refractivity (Wildman–Crippen MR) is 65.7 cm³/mol. The Hall–Kier alpha value is -2.37. The molecule has 2 aromatic rings. The quantitative estimate of drug-likeness (QED) is 0.646. The highest BCUT2D eigenvalue weighted by molar-refractivity contribution is 5.92. The minimum absolute atomic E-state index is 0.0869. The Balaban J connectivity index is 2.09. The molecule has 6 heteroatoms. The highest BCUT2D eigenvalue weighted by Gasteiger charge is 2.13. The first kappa shape index (κ1) is 12.1. The summed E-state index contributed by atoms with van der Waals surface area (Å²) in [5.41, 5.74) is 7.50. The van der Waals surface area contributed by atoms with Crippen LogP contribution in [0.1, 0.15) is 21.7 Å². The van der Waals surface area contributed by atoms with Gasteiger partial charge in [0.2, 0.25) is 0 Å². The van der Waals surface area contributed by atoms with Crippen LogP contribution in [0.4, 0.5) is 5.69 Å². The second kappa shape index (κ2) is 4.87. The molecule has 2 N–H and O–H groups in total. The van der Waals surface area contributed by atoms with Crippen molar-refractivity contribution in [3.8, 4) is 0 Å². The van der Waals surface area contributed by atoms with Crippen LogP contribution < -0.4 is 5.73 Å². The number of carbonyl (C=O) groups is 1. The van der Waals surface area contributed by atoms with E-state index in [2.05, 4.69) is 10.1 Å². The monoisotopic (exact) mass is 246 g/mol. The third-order valence-electron chi connectivity index (χ3n) is 2.73. The number of hydrogen-bond acceptors (Lipinski definition) is 5. The lowest BCUT2D eigenvalue weighted by Crippen LogP contribution is -2.10. The smallest absolute Gasteiger partial charge is 0.338 e. The molecule has 2 rings (SSSR count). The summed E-state index contributed by atoms with van der Waals surface area (Å²) in [5, 5.41) is 3.89. The SMILES string of the molecule is Cc1c(N)cccc1C(=O)OCc1ncnn1C. The van der Waals surface area contributed by atoms with Gasteiger partial charge in [-0.15, -0.1) is 0 Å². The number of hydrogen-bond donors (Lipinski definition) is 1. The number of aryl methyl sites for hydroxylation is 1. The molecule has 1 aromatic carbocycles. The van der Waals surface area contributed by atoms with Gasteiger partial charge in [0.1, 0.15) is 6.33 Å². The van der Waals surface area contributed by atoms with E-state index in [-0.39, 0.29) is 6.61 Å². The zero-order valence-corrected chi connectivity index (χ0v) is 10.3. The number of ether oxygens (including phenoxy) is 1. The van der Waals surface area contributed by atoms with Crippen molar-refractivity contribution in [1.82, 2.24) is 14.8 Å². The normalized spacial score (nSPS) is 10.3. The van der Waals surface area contributed by atoms with Gasteiger partial charge in [0.25, 0.3) is 0 Å². The van der Waals surface area contributed by atoms with Gasteiger partial charge < -0.3 is 10.5 Å². The van der Waals surface area contributed by atoms with E-state index in [0.717, 1.165) is 5.56 Å². The molecule has 0 fully saturated rings. The van der Waals surface area contributed by atoms with Crippen molar-refractivity contribution in [2.24, 2.45) is 7.05 Å². The minimum atomic E-state index is -0.414. The van der Waals surface area contributed by atoms with Gasteiger partial charge in [-0.05, 0) is 24.6 Å². The predicted octanol–water partition coefficient (Wildman–Crippen LogP) is 1.06. The second-order valence-electron chi connectivity index (χ2n) is 3.90. The Bertz CT molecular complexity index is 577. The van der Waals surface area contributed by atoms with Crippen molar-refractivity contribution in [2.75, 3.05) is 5.73 Å². The standard InChI is InChI=1S/C12H14N4O2/c1-8-9(4-3-5-10(8)13)12(17)18-6-11-14-7-15-16(11)2/h3-5,7H,6,13H2,1-2H3. The van der Waals surface area contributed by atoms with Gasteiger partial charge in [-0.1, -0.05) is 6.07 Å². The zero-order valence-electron chi connectivity index (χ0n) is 10.3. The lowest BCUT2D eigenvalue weighted by molar-refractivity contribution is 0.0457. The van der Waals surface area contributed by atoms with Crippen molar-refractivity contribution >= 4 is 11.7 Å². The van der Waals surface area contributed by atoms with Gasteiger partial charge in [-0.3, -0.25) is 4.68 Å². The van der Waals surface area contributed by atoms with Crippen molar-refractivity contribution in [2.45, 2.75) is 13.5 Å². The van der Waals surface area contributed by atoms with Crippen LogP contribution in [0.25, 0.3) is 0 Å². The number of aromatic nitrogens is 3. The molecule has 0 spiro atoms. The number of rotatable bonds is 3. The summed E-state index contributed by atoms with van der Waals surface area (Å²) in [6.45, 7) is 1.87. The van der Waals surface area contributed by atoms with Gasteiger partial charge in [-0.2, -0.15) is 5.10 Å². The maximum absolute atomic E-state index is 11.9. The van der Waals surface area contributed by atoms with Crippen LogP contribution in [0, 0.1) is 6.92 Å². The molecule has 18 heavy (non-hydrogen) atoms. The average Bonchev–Trinajstić information content (AvgIpc) is 2.75. The molecule has 0 aliphatic rings. The molecule has 0 aliphatic carbocycles. The van der Waals surface area contributed by atoms with Crippen LogP contribution in [0.5, 0.6) is 0 Å². The average molecular weight is 246 g/mol. The topological polar surface area (TPSA) is 83.0 Å². The molecule has 1 heterocycles. The summed E-state index contributed by atoms with van der Waals surface area (Å²) in [5.74, 6) is 0.174. The van der Waals surface area contributed by atoms with E-state index in [4.69, 9.17) is 10.5 Å². The molecule has 0 radical (unpaired) electrons. The molecular weight excluding hydrogens is 232 g/mol. The van der Waals surface area contributed by atoms with E-state index in [1.807, 2.05) is 0 Å². The molecule has 94 valence electrons. The number of nitrogens with two attached hydrogens (primary N) is 1. The van der Waals surface area contributed by atoms with Crippen LogP contribution in [0.3, 0.4) is 0 Å². The fraction of sp³-hybridized carbons (Fsp3) is 0.250. The van der Waals surface area contributed by atoms with Crippen LogP contribution in [0.2, 0.25) is 0 Å².